The van der Waals surface area contributed by atoms with Crippen molar-refractivity contribution >= 4 is 11.7 Å². The summed E-state index contributed by atoms with van der Waals surface area (Å²) in [7, 11) is 0. The van der Waals surface area contributed by atoms with E-state index in [1.807, 2.05) is 0 Å². The van der Waals surface area contributed by atoms with Gasteiger partial charge in [0, 0.05) is 0 Å². The molecule has 0 unspecified atom stereocenters. The van der Waals surface area contributed by atoms with Gasteiger partial charge in [-0.25, -0.2) is 15.8 Å². The van der Waals surface area contributed by atoms with Gasteiger partial charge in [-0.2, -0.15) is 0 Å². The smallest absolute Gasteiger partial charge is 0.252 e. The Balaban J connectivity index is 2.39. The normalized spacial score (nSPS) is 10.0. The molecule has 19 heavy (non-hydrogen) atoms. The number of rotatable bonds is 4. The highest BCUT2D eigenvalue weighted by Crippen LogP contribution is 2.27. The summed E-state index contributed by atoms with van der Waals surface area (Å²) in [4.78, 5) is 19.2. The Labute approximate surface area is 109 Å². The number of anilines is 1. The number of aromatic nitrogens is 2. The number of ether oxygens (including phenoxy) is 1. The second kappa shape index (κ2) is 5.32. The van der Waals surface area contributed by atoms with Gasteiger partial charge in [0.1, 0.15) is 17.9 Å². The minimum absolute atomic E-state index is 0.280. The minimum Gasteiger partial charge on any atom is -0.438 e. The second-order valence-corrected chi connectivity index (χ2v) is 3.76. The Morgan fingerprint density at radius 2 is 2.05 bits per heavy atom. The first-order valence-corrected chi connectivity index (χ1v) is 5.48. The van der Waals surface area contributed by atoms with Crippen molar-refractivity contribution in [3.8, 4) is 11.6 Å². The van der Waals surface area contributed by atoms with Gasteiger partial charge in [0.15, 0.2) is 0 Å². The first-order valence-electron chi connectivity index (χ1n) is 5.48. The number of nitrogens with two attached hydrogens (primary N) is 2. The number of hydrogen-bond acceptors (Lipinski definition) is 6. The fourth-order valence-electron chi connectivity index (χ4n) is 1.55. The molecule has 0 aliphatic heterocycles. The van der Waals surface area contributed by atoms with Crippen LogP contribution in [0.5, 0.6) is 11.6 Å². The molecule has 1 aromatic carbocycles. The van der Waals surface area contributed by atoms with Gasteiger partial charge in [-0.1, -0.05) is 12.1 Å². The maximum Gasteiger partial charge on any atom is 0.252 e. The number of carbonyl (C=O) groups is 1. The second-order valence-electron chi connectivity index (χ2n) is 3.76. The van der Waals surface area contributed by atoms with E-state index in [0.717, 1.165) is 0 Å². The number of carbonyl (C=O) groups excluding carboxylic acids is 1. The molecule has 1 heterocycles. The lowest BCUT2D eigenvalue weighted by Crippen LogP contribution is -2.13. The predicted octanol–water partition coefficient (Wildman–Crippen LogP) is 0.962. The van der Waals surface area contributed by atoms with Crippen LogP contribution in [0.3, 0.4) is 0 Å². The average molecular weight is 259 g/mol. The standard InChI is InChI=1S/C12H13N5O2/c1-7-11(17-14)15-6-16-12(7)19-9-5-3-2-4-8(9)10(13)18/h2-6H,14H2,1H3,(H2,13,18)(H,15,16,17). The number of primary amides is 1. The average Bonchev–Trinajstić information content (AvgIpc) is 2.41. The number of nitrogen functional groups attached to an aromatic ring is 1. The van der Waals surface area contributed by atoms with Crippen molar-refractivity contribution in [2.24, 2.45) is 11.6 Å². The zero-order valence-electron chi connectivity index (χ0n) is 10.3. The number of nitrogens with zero attached hydrogens (tertiary/aromatic N) is 2. The van der Waals surface area contributed by atoms with Crippen LogP contribution >= 0.6 is 0 Å². The summed E-state index contributed by atoms with van der Waals surface area (Å²) in [6.07, 6.45) is 1.31. The number of para-hydroxylation sites is 1. The molecule has 0 atom stereocenters. The molecule has 0 fully saturated rings. The maximum absolute atomic E-state index is 11.3. The summed E-state index contributed by atoms with van der Waals surface area (Å²) in [5, 5.41) is 0. The molecule has 2 rings (SSSR count). The van der Waals surface area contributed by atoms with Crippen LogP contribution in [0.25, 0.3) is 0 Å². The van der Waals surface area contributed by atoms with E-state index in [0.29, 0.717) is 23.0 Å². The molecule has 0 aliphatic carbocycles. The van der Waals surface area contributed by atoms with Gasteiger partial charge in [0.2, 0.25) is 5.88 Å². The third kappa shape index (κ3) is 2.61. The summed E-state index contributed by atoms with van der Waals surface area (Å²) >= 11 is 0. The Morgan fingerprint density at radius 1 is 1.32 bits per heavy atom. The van der Waals surface area contributed by atoms with E-state index in [4.69, 9.17) is 16.3 Å². The summed E-state index contributed by atoms with van der Waals surface area (Å²) in [5.41, 5.74) is 8.62. The number of benzene rings is 1. The summed E-state index contributed by atoms with van der Waals surface area (Å²) in [5.74, 6) is 5.83. The molecule has 0 saturated heterocycles. The van der Waals surface area contributed by atoms with Crippen LogP contribution in [0.1, 0.15) is 15.9 Å². The first kappa shape index (κ1) is 12.8. The van der Waals surface area contributed by atoms with E-state index in [2.05, 4.69) is 15.4 Å². The molecule has 7 nitrogen and oxygen atoms in total. The first-order chi connectivity index (χ1) is 9.13. The van der Waals surface area contributed by atoms with E-state index in [9.17, 15) is 4.79 Å². The van der Waals surface area contributed by atoms with Crippen molar-refractivity contribution in [1.29, 1.82) is 0 Å². The van der Waals surface area contributed by atoms with Crippen LogP contribution in [0, 0.1) is 6.92 Å². The summed E-state index contributed by atoms with van der Waals surface area (Å²) in [6, 6.07) is 6.65. The van der Waals surface area contributed by atoms with Crippen molar-refractivity contribution in [2.45, 2.75) is 6.92 Å². The molecule has 0 aliphatic rings. The maximum atomic E-state index is 11.3. The van der Waals surface area contributed by atoms with Crippen LogP contribution in [-0.2, 0) is 0 Å². The lowest BCUT2D eigenvalue weighted by Gasteiger charge is -2.11. The third-order valence-electron chi connectivity index (χ3n) is 2.53. The summed E-state index contributed by atoms with van der Waals surface area (Å²) < 4.78 is 5.60. The monoisotopic (exact) mass is 259 g/mol. The van der Waals surface area contributed by atoms with Crippen molar-refractivity contribution in [3.63, 3.8) is 0 Å². The van der Waals surface area contributed by atoms with Crippen LogP contribution in [0.4, 0.5) is 5.82 Å². The lowest BCUT2D eigenvalue weighted by molar-refractivity contribution is 0.0998. The molecule has 1 amide bonds. The Bertz CT molecular complexity index is 615. The SMILES string of the molecule is Cc1c(NN)ncnc1Oc1ccccc1C(N)=O. The quantitative estimate of drug-likeness (QED) is 0.556. The molecule has 98 valence electrons. The van der Waals surface area contributed by atoms with E-state index < -0.39 is 5.91 Å². The number of nitrogens with one attached hydrogen (secondary N) is 1. The lowest BCUT2D eigenvalue weighted by atomic mass is 10.2. The number of hydrazine groups is 1. The fraction of sp³-hybridized carbons (Fsp3) is 0.0833. The van der Waals surface area contributed by atoms with E-state index in [1.54, 1.807) is 31.2 Å². The van der Waals surface area contributed by atoms with Gasteiger partial charge in [0.25, 0.3) is 5.91 Å². The topological polar surface area (TPSA) is 116 Å². The highest BCUT2D eigenvalue weighted by Gasteiger charge is 2.13. The molecule has 0 bridgehead atoms. The molecule has 0 spiro atoms. The molecule has 2 aromatic rings. The largest absolute Gasteiger partial charge is 0.438 e. The van der Waals surface area contributed by atoms with Crippen LogP contribution in [0.2, 0.25) is 0 Å². The summed E-state index contributed by atoms with van der Waals surface area (Å²) in [6.45, 7) is 1.75. The molecule has 0 radical (unpaired) electrons. The van der Waals surface area contributed by atoms with Crippen LogP contribution < -0.4 is 21.7 Å². The van der Waals surface area contributed by atoms with E-state index in [-0.39, 0.29) is 5.56 Å². The van der Waals surface area contributed by atoms with Gasteiger partial charge in [-0.15, -0.1) is 0 Å². The van der Waals surface area contributed by atoms with Gasteiger partial charge in [-0.05, 0) is 19.1 Å². The molecular formula is C12H13N5O2. The zero-order valence-corrected chi connectivity index (χ0v) is 10.3. The van der Waals surface area contributed by atoms with Crippen LogP contribution in [0.15, 0.2) is 30.6 Å². The third-order valence-corrected chi connectivity index (χ3v) is 2.53. The molecule has 1 aromatic heterocycles. The Hall–Kier alpha value is -2.67. The van der Waals surface area contributed by atoms with Gasteiger partial charge < -0.3 is 15.9 Å². The zero-order chi connectivity index (χ0) is 13.8. The number of amides is 1. The molecule has 0 saturated carbocycles. The molecular weight excluding hydrogens is 246 g/mol. The van der Waals surface area contributed by atoms with Gasteiger partial charge in [0.05, 0.1) is 11.1 Å². The fourth-order valence-corrected chi connectivity index (χ4v) is 1.55. The number of hydrogen-bond donors (Lipinski definition) is 3. The van der Waals surface area contributed by atoms with Crippen molar-refractivity contribution in [3.05, 3.63) is 41.7 Å². The van der Waals surface area contributed by atoms with Gasteiger partial charge in [-0.3, -0.25) is 4.79 Å². The van der Waals surface area contributed by atoms with Crippen molar-refractivity contribution in [1.82, 2.24) is 9.97 Å². The van der Waals surface area contributed by atoms with Gasteiger partial charge >= 0.3 is 0 Å². The Kier molecular flexibility index (Phi) is 3.58. The Morgan fingerprint density at radius 3 is 2.74 bits per heavy atom. The molecule has 5 N–H and O–H groups in total. The molecule has 7 heteroatoms. The van der Waals surface area contributed by atoms with E-state index >= 15 is 0 Å². The highest BCUT2D eigenvalue weighted by molar-refractivity contribution is 5.95. The van der Waals surface area contributed by atoms with Crippen molar-refractivity contribution < 1.29 is 9.53 Å². The van der Waals surface area contributed by atoms with Crippen molar-refractivity contribution in [2.75, 3.05) is 5.43 Å². The predicted molar refractivity (Wildman–Crippen MR) is 69.6 cm³/mol. The highest BCUT2D eigenvalue weighted by atomic mass is 16.5. The van der Waals surface area contributed by atoms with E-state index in [1.165, 1.54) is 6.33 Å². The minimum atomic E-state index is -0.570. The van der Waals surface area contributed by atoms with Crippen LogP contribution in [-0.4, -0.2) is 15.9 Å².